The molecule has 2 aromatic heterocycles. The van der Waals surface area contributed by atoms with Gasteiger partial charge in [-0.05, 0) is 87.1 Å². The molecule has 0 amide bonds. The fourth-order valence-electron chi connectivity index (χ4n) is 4.70. The Bertz CT molecular complexity index is 1460. The quantitative estimate of drug-likeness (QED) is 0.303. The van der Waals surface area contributed by atoms with Crippen LogP contribution >= 0.6 is 0 Å². The summed E-state index contributed by atoms with van der Waals surface area (Å²) < 4.78 is 1.85. The van der Waals surface area contributed by atoms with Crippen molar-refractivity contribution >= 4 is 28.0 Å². The first-order valence-electron chi connectivity index (χ1n) is 12.0. The van der Waals surface area contributed by atoms with Crippen LogP contribution < -0.4 is 10.2 Å². The van der Waals surface area contributed by atoms with Gasteiger partial charge in [-0.1, -0.05) is 32.2 Å². The molecule has 0 saturated heterocycles. The van der Waals surface area contributed by atoms with Crippen molar-refractivity contribution in [2.24, 2.45) is 7.05 Å². The molecule has 5 heteroatoms. The molecule has 0 fully saturated rings. The predicted octanol–water partition coefficient (Wildman–Crippen LogP) is 7.74. The van der Waals surface area contributed by atoms with Gasteiger partial charge in [0.15, 0.2) is 0 Å². The fraction of sp³-hybridized carbons (Fsp3) is 0.267. The first kappa shape index (κ1) is 24.3. The lowest BCUT2D eigenvalue weighted by Crippen LogP contribution is -2.16. The van der Waals surface area contributed by atoms with Crippen molar-refractivity contribution in [3.05, 3.63) is 89.7 Å². The molecule has 1 N–H and O–H groups in total. The number of anilines is 3. The number of aryl methyl sites for hydroxylation is 5. The van der Waals surface area contributed by atoms with Crippen LogP contribution in [-0.2, 0) is 13.5 Å². The van der Waals surface area contributed by atoms with Crippen molar-refractivity contribution in [3.63, 3.8) is 0 Å². The van der Waals surface area contributed by atoms with Gasteiger partial charge in [0.2, 0.25) is 0 Å². The normalized spacial score (nSPS) is 11.1. The summed E-state index contributed by atoms with van der Waals surface area (Å²) in [5.74, 6) is 0. The molecule has 5 nitrogen and oxygen atoms in total. The van der Waals surface area contributed by atoms with Gasteiger partial charge >= 0.3 is 0 Å². The molecular formula is C30H35N5. The van der Waals surface area contributed by atoms with E-state index in [4.69, 9.17) is 4.98 Å². The highest BCUT2D eigenvalue weighted by Crippen LogP contribution is 2.41. The number of hydrogen-bond acceptors (Lipinski definition) is 4. The Morgan fingerprint density at radius 2 is 1.80 bits per heavy atom. The minimum Gasteiger partial charge on any atom is -0.359 e. The van der Waals surface area contributed by atoms with Gasteiger partial charge in [-0.15, -0.1) is 0 Å². The summed E-state index contributed by atoms with van der Waals surface area (Å²) in [6.45, 7) is 20.8. The van der Waals surface area contributed by atoms with Crippen LogP contribution in [0.2, 0.25) is 0 Å². The van der Waals surface area contributed by atoms with Crippen LogP contribution in [0.15, 0.2) is 67.3 Å². The second-order valence-electron chi connectivity index (χ2n) is 9.45. The Balaban J connectivity index is 2.01. The highest BCUT2D eigenvalue weighted by atomic mass is 15.3. The van der Waals surface area contributed by atoms with Crippen molar-refractivity contribution in [1.29, 1.82) is 0 Å². The maximum absolute atomic E-state index is 4.82. The Kier molecular flexibility index (Phi) is 6.53. The molecule has 35 heavy (non-hydrogen) atoms. The second kappa shape index (κ2) is 9.41. The van der Waals surface area contributed by atoms with Crippen LogP contribution in [0.5, 0.6) is 0 Å². The van der Waals surface area contributed by atoms with E-state index in [0.29, 0.717) is 0 Å². The number of aromatic nitrogens is 3. The van der Waals surface area contributed by atoms with Crippen LogP contribution in [0, 0.1) is 20.8 Å². The molecule has 0 radical (unpaired) electrons. The standard InChI is InChI=1S/C30H35N5/c1-10-23-13-28-26(15-25(23)24-12-11-20(6)27(14-24)32-18(2)3)30(21(7)16-31-28)35(19(4)5)29-17-34(9)33-22(29)8/h11-17,32H,2,4,10H2,1,3,5-9H3. The summed E-state index contributed by atoms with van der Waals surface area (Å²) in [4.78, 5) is 7.03. The third-order valence-electron chi connectivity index (χ3n) is 6.36. The smallest absolute Gasteiger partial charge is 0.0870 e. The van der Waals surface area contributed by atoms with E-state index in [1.165, 1.54) is 22.3 Å². The lowest BCUT2D eigenvalue weighted by atomic mass is 9.93. The highest BCUT2D eigenvalue weighted by Gasteiger charge is 2.21. The maximum Gasteiger partial charge on any atom is 0.0870 e. The Morgan fingerprint density at radius 3 is 2.40 bits per heavy atom. The van der Waals surface area contributed by atoms with Gasteiger partial charge in [-0.25, -0.2) is 0 Å². The van der Waals surface area contributed by atoms with Gasteiger partial charge in [-0.3, -0.25) is 9.67 Å². The maximum atomic E-state index is 4.82. The van der Waals surface area contributed by atoms with Gasteiger partial charge in [0.1, 0.15) is 0 Å². The zero-order chi connectivity index (χ0) is 25.4. The van der Waals surface area contributed by atoms with E-state index in [2.05, 4.69) is 79.6 Å². The molecule has 0 aliphatic rings. The Hall–Kier alpha value is -3.86. The zero-order valence-electron chi connectivity index (χ0n) is 22.0. The number of nitrogens with one attached hydrogen (secondary N) is 1. The van der Waals surface area contributed by atoms with E-state index < -0.39 is 0 Å². The molecule has 4 aromatic rings. The summed E-state index contributed by atoms with van der Waals surface area (Å²) in [5.41, 5.74) is 12.9. The molecular weight excluding hydrogens is 430 g/mol. The van der Waals surface area contributed by atoms with Crippen molar-refractivity contribution in [3.8, 4) is 11.1 Å². The SMILES string of the molecule is C=C(C)Nc1cc(-c2cc3c(N(C(=C)C)c4cn(C)nc4C)c(C)cnc3cc2CC)ccc1C. The number of allylic oxidation sites excluding steroid dienone is 2. The van der Waals surface area contributed by atoms with Crippen molar-refractivity contribution in [1.82, 2.24) is 14.8 Å². The van der Waals surface area contributed by atoms with E-state index in [9.17, 15) is 0 Å². The summed E-state index contributed by atoms with van der Waals surface area (Å²) in [6, 6.07) is 11.1. The molecule has 4 rings (SSSR count). The Labute approximate surface area is 208 Å². The molecule has 2 aromatic carbocycles. The molecule has 180 valence electrons. The lowest BCUT2D eigenvalue weighted by Gasteiger charge is -2.28. The first-order chi connectivity index (χ1) is 16.6. The summed E-state index contributed by atoms with van der Waals surface area (Å²) >= 11 is 0. The number of fused-ring (bicyclic) bond motifs is 1. The van der Waals surface area contributed by atoms with Crippen LogP contribution in [0.25, 0.3) is 22.0 Å². The van der Waals surface area contributed by atoms with Crippen LogP contribution in [-0.4, -0.2) is 14.8 Å². The van der Waals surface area contributed by atoms with E-state index >= 15 is 0 Å². The monoisotopic (exact) mass is 465 g/mol. The summed E-state index contributed by atoms with van der Waals surface area (Å²) in [6.07, 6.45) is 4.92. The number of pyridine rings is 1. The summed E-state index contributed by atoms with van der Waals surface area (Å²) in [5, 5.41) is 9.09. The predicted molar refractivity (Wildman–Crippen MR) is 149 cm³/mol. The number of rotatable bonds is 7. The van der Waals surface area contributed by atoms with Crippen molar-refractivity contribution in [2.45, 2.75) is 48.0 Å². The minimum atomic E-state index is 0.916. The Morgan fingerprint density at radius 1 is 1.06 bits per heavy atom. The van der Waals surface area contributed by atoms with Gasteiger partial charge in [0, 0.05) is 41.9 Å². The van der Waals surface area contributed by atoms with Crippen molar-refractivity contribution in [2.75, 3.05) is 10.2 Å². The molecule has 0 unspecified atom stereocenters. The average molecular weight is 466 g/mol. The molecule has 0 aliphatic carbocycles. The fourth-order valence-corrected chi connectivity index (χ4v) is 4.70. The van der Waals surface area contributed by atoms with Crippen LogP contribution in [0.3, 0.4) is 0 Å². The molecule has 0 aliphatic heterocycles. The topological polar surface area (TPSA) is 46.0 Å². The van der Waals surface area contributed by atoms with Crippen molar-refractivity contribution < 1.29 is 0 Å². The number of hydrogen-bond donors (Lipinski definition) is 1. The zero-order valence-corrected chi connectivity index (χ0v) is 22.0. The van der Waals surface area contributed by atoms with Gasteiger partial charge in [-0.2, -0.15) is 5.10 Å². The summed E-state index contributed by atoms with van der Waals surface area (Å²) in [7, 11) is 1.95. The molecule has 0 bridgehead atoms. The molecule has 0 atom stereocenters. The first-order valence-corrected chi connectivity index (χ1v) is 12.0. The lowest BCUT2D eigenvalue weighted by molar-refractivity contribution is 0.756. The highest BCUT2D eigenvalue weighted by molar-refractivity contribution is 6.00. The third kappa shape index (κ3) is 4.59. The molecule has 0 spiro atoms. The van der Waals surface area contributed by atoms with Gasteiger partial charge in [0.25, 0.3) is 0 Å². The molecule has 2 heterocycles. The van der Waals surface area contributed by atoms with Crippen LogP contribution in [0.1, 0.15) is 43.2 Å². The average Bonchev–Trinajstić information content (AvgIpc) is 3.13. The number of nitrogens with zero attached hydrogens (tertiary/aromatic N) is 4. The minimum absolute atomic E-state index is 0.916. The van der Waals surface area contributed by atoms with E-state index in [1.807, 2.05) is 44.9 Å². The van der Waals surface area contributed by atoms with E-state index in [-0.39, 0.29) is 0 Å². The van der Waals surface area contributed by atoms with Gasteiger partial charge < -0.3 is 10.2 Å². The third-order valence-corrected chi connectivity index (χ3v) is 6.36. The van der Waals surface area contributed by atoms with Gasteiger partial charge in [0.05, 0.1) is 22.6 Å². The van der Waals surface area contributed by atoms with Crippen LogP contribution in [0.4, 0.5) is 17.1 Å². The number of benzene rings is 2. The second-order valence-corrected chi connectivity index (χ2v) is 9.45. The van der Waals surface area contributed by atoms with E-state index in [0.717, 1.165) is 57.0 Å². The largest absolute Gasteiger partial charge is 0.359 e. The molecule has 0 saturated carbocycles. The van der Waals surface area contributed by atoms with E-state index in [1.54, 1.807) is 0 Å².